The molecule has 0 radical (unpaired) electrons. The molecule has 0 aliphatic carbocycles. The van der Waals surface area contributed by atoms with Gasteiger partial charge in [-0.05, 0) is 36.4 Å². The van der Waals surface area contributed by atoms with E-state index in [1.165, 1.54) is 24.5 Å². The Hall–Kier alpha value is -4.00. The third-order valence-corrected chi connectivity index (χ3v) is 3.89. The van der Waals surface area contributed by atoms with Gasteiger partial charge in [0.15, 0.2) is 10.9 Å². The molecule has 132 valence electrons. The van der Waals surface area contributed by atoms with Gasteiger partial charge in [0, 0.05) is 36.3 Å². The van der Waals surface area contributed by atoms with Gasteiger partial charge in [-0.3, -0.25) is 14.6 Å². The summed E-state index contributed by atoms with van der Waals surface area (Å²) in [5, 5.41) is -0.0247. The molecule has 7 nitrogen and oxygen atoms in total. The fourth-order valence-corrected chi connectivity index (χ4v) is 2.58. The number of benzene rings is 1. The van der Waals surface area contributed by atoms with Crippen LogP contribution in [0.25, 0.3) is 22.4 Å². The lowest BCUT2D eigenvalue weighted by molar-refractivity contribution is 0.0734. The van der Waals surface area contributed by atoms with Crippen LogP contribution in [0, 0.1) is 0 Å². The van der Waals surface area contributed by atoms with E-state index in [0.717, 1.165) is 0 Å². The summed E-state index contributed by atoms with van der Waals surface area (Å²) in [6, 6.07) is 12.2. The highest BCUT2D eigenvalue weighted by Gasteiger charge is 2.11. The molecule has 0 fully saturated rings. The quantitative estimate of drug-likeness (QED) is 0.445. The minimum absolute atomic E-state index is 0.0247. The largest absolute Gasteiger partial charge is 0.439 e. The van der Waals surface area contributed by atoms with Crippen LogP contribution in [0.1, 0.15) is 10.4 Å². The molecule has 0 saturated heterocycles. The summed E-state index contributed by atoms with van der Waals surface area (Å²) in [6.45, 7) is 0. The summed E-state index contributed by atoms with van der Waals surface area (Å²) in [7, 11) is 0. The molecule has 7 heteroatoms. The van der Waals surface area contributed by atoms with E-state index in [-0.39, 0.29) is 11.1 Å². The summed E-state index contributed by atoms with van der Waals surface area (Å²) in [5.74, 6) is 0.106. The Morgan fingerprint density at radius 2 is 1.85 bits per heavy atom. The van der Waals surface area contributed by atoms with Gasteiger partial charge >= 0.3 is 5.97 Å². The van der Waals surface area contributed by atoms with Crippen LogP contribution < -0.4 is 15.6 Å². The zero-order chi connectivity index (χ0) is 18.8. The van der Waals surface area contributed by atoms with E-state index in [9.17, 15) is 14.4 Å². The van der Waals surface area contributed by atoms with Gasteiger partial charge in [-0.15, -0.1) is 0 Å². The molecular weight excluding hydrogens is 348 g/mol. The van der Waals surface area contributed by atoms with Crippen LogP contribution >= 0.6 is 0 Å². The van der Waals surface area contributed by atoms with Gasteiger partial charge in [0.1, 0.15) is 16.9 Å². The fourth-order valence-electron chi connectivity index (χ4n) is 2.58. The molecular formula is C20H12N2O5. The summed E-state index contributed by atoms with van der Waals surface area (Å²) >= 11 is 0. The van der Waals surface area contributed by atoms with Crippen LogP contribution in [0.3, 0.4) is 0 Å². The number of esters is 1. The number of carbonyl (C=O) groups excluding carboxylic acids is 1. The lowest BCUT2D eigenvalue weighted by atomic mass is 10.1. The van der Waals surface area contributed by atoms with Gasteiger partial charge in [0.05, 0.1) is 5.56 Å². The number of carbonyl (C=O) groups is 1. The smallest absolute Gasteiger partial charge is 0.345 e. The summed E-state index contributed by atoms with van der Waals surface area (Å²) in [6.07, 6.45) is 4.40. The lowest BCUT2D eigenvalue weighted by Crippen LogP contribution is -2.12. The molecule has 0 spiro atoms. The number of aromatic amines is 1. The highest BCUT2D eigenvalue weighted by molar-refractivity contribution is 5.90. The summed E-state index contributed by atoms with van der Waals surface area (Å²) < 4.78 is 10.9. The molecule has 4 aromatic rings. The van der Waals surface area contributed by atoms with E-state index < -0.39 is 16.8 Å². The maximum Gasteiger partial charge on any atom is 0.345 e. The second-order valence-electron chi connectivity index (χ2n) is 5.68. The Bertz CT molecular complexity index is 1240. The number of H-pyrrole nitrogens is 1. The van der Waals surface area contributed by atoms with Crippen molar-refractivity contribution in [2.24, 2.45) is 0 Å². The maximum absolute atomic E-state index is 12.2. The average molecular weight is 360 g/mol. The predicted molar refractivity (Wildman–Crippen MR) is 97.7 cm³/mol. The van der Waals surface area contributed by atoms with Crippen molar-refractivity contribution < 1.29 is 13.9 Å². The average Bonchev–Trinajstić information content (AvgIpc) is 2.69. The van der Waals surface area contributed by atoms with E-state index in [4.69, 9.17) is 9.15 Å². The second kappa shape index (κ2) is 6.72. The molecule has 3 aromatic heterocycles. The third kappa shape index (κ3) is 3.25. The molecule has 0 unspecified atom stereocenters. The van der Waals surface area contributed by atoms with E-state index >= 15 is 0 Å². The van der Waals surface area contributed by atoms with E-state index in [1.54, 1.807) is 42.6 Å². The van der Waals surface area contributed by atoms with Crippen LogP contribution in [0.15, 0.2) is 81.1 Å². The van der Waals surface area contributed by atoms with Crippen molar-refractivity contribution in [3.63, 3.8) is 0 Å². The monoisotopic (exact) mass is 360 g/mol. The SMILES string of the molecule is O=C(Oc1ccc(-c2cc(=O)c3c(=O)cc[nH]c3o2)cc1)c1cccnc1. The molecule has 0 saturated carbocycles. The predicted octanol–water partition coefficient (Wildman–Crippen LogP) is 2.76. The van der Waals surface area contributed by atoms with Gasteiger partial charge in [-0.2, -0.15) is 0 Å². The number of rotatable bonds is 3. The topological polar surface area (TPSA) is 102 Å². The van der Waals surface area contributed by atoms with Crippen LogP contribution in [0.5, 0.6) is 5.75 Å². The minimum atomic E-state index is -0.523. The molecule has 3 heterocycles. The van der Waals surface area contributed by atoms with Crippen LogP contribution in [-0.4, -0.2) is 15.9 Å². The number of ether oxygens (including phenoxy) is 1. The zero-order valence-electron chi connectivity index (χ0n) is 13.8. The molecule has 27 heavy (non-hydrogen) atoms. The van der Waals surface area contributed by atoms with Gasteiger partial charge in [-0.1, -0.05) is 0 Å². The van der Waals surface area contributed by atoms with Crippen LogP contribution in [0.2, 0.25) is 0 Å². The van der Waals surface area contributed by atoms with Crippen molar-refractivity contribution in [2.75, 3.05) is 0 Å². The number of fused-ring (bicyclic) bond motifs is 1. The Kier molecular flexibility index (Phi) is 4.10. The molecule has 0 aliphatic heterocycles. The molecule has 1 N–H and O–H groups in total. The number of hydrogen-bond acceptors (Lipinski definition) is 6. The lowest BCUT2D eigenvalue weighted by Gasteiger charge is -2.06. The summed E-state index contributed by atoms with van der Waals surface area (Å²) in [4.78, 5) is 42.7. The van der Waals surface area contributed by atoms with Crippen molar-refractivity contribution in [1.29, 1.82) is 0 Å². The van der Waals surface area contributed by atoms with Crippen molar-refractivity contribution >= 4 is 17.1 Å². The normalized spacial score (nSPS) is 10.7. The molecule has 0 atom stereocenters. The molecule has 4 rings (SSSR count). The first-order chi connectivity index (χ1) is 13.1. The second-order valence-corrected chi connectivity index (χ2v) is 5.68. The zero-order valence-corrected chi connectivity index (χ0v) is 13.8. The van der Waals surface area contributed by atoms with Crippen molar-refractivity contribution in [2.45, 2.75) is 0 Å². The fraction of sp³-hybridized carbons (Fsp3) is 0. The van der Waals surface area contributed by atoms with Crippen molar-refractivity contribution in [1.82, 2.24) is 9.97 Å². The molecule has 0 amide bonds. The van der Waals surface area contributed by atoms with Crippen molar-refractivity contribution in [3.8, 4) is 17.1 Å². The van der Waals surface area contributed by atoms with E-state index in [2.05, 4.69) is 9.97 Å². The third-order valence-electron chi connectivity index (χ3n) is 3.89. The van der Waals surface area contributed by atoms with Crippen molar-refractivity contribution in [3.05, 3.63) is 93.1 Å². The highest BCUT2D eigenvalue weighted by Crippen LogP contribution is 2.23. The number of aromatic nitrogens is 2. The Morgan fingerprint density at radius 1 is 1.04 bits per heavy atom. The van der Waals surface area contributed by atoms with E-state index in [0.29, 0.717) is 22.6 Å². The van der Waals surface area contributed by atoms with Gasteiger partial charge < -0.3 is 14.1 Å². The number of hydrogen-bond donors (Lipinski definition) is 1. The number of pyridine rings is 2. The molecule has 1 aromatic carbocycles. The molecule has 0 bridgehead atoms. The number of nitrogens with zero attached hydrogens (tertiary/aromatic N) is 1. The molecule has 0 aliphatic rings. The highest BCUT2D eigenvalue weighted by atomic mass is 16.5. The Balaban J connectivity index is 1.63. The van der Waals surface area contributed by atoms with E-state index in [1.807, 2.05) is 0 Å². The Morgan fingerprint density at radius 3 is 2.59 bits per heavy atom. The van der Waals surface area contributed by atoms with Gasteiger partial charge in [0.2, 0.25) is 5.71 Å². The summed E-state index contributed by atoms with van der Waals surface area (Å²) in [5.41, 5.74) is 0.213. The van der Waals surface area contributed by atoms with Gasteiger partial charge in [-0.25, -0.2) is 4.79 Å². The first kappa shape index (κ1) is 16.5. The first-order valence-corrected chi connectivity index (χ1v) is 8.00. The first-order valence-electron chi connectivity index (χ1n) is 8.00. The minimum Gasteiger partial charge on any atom is -0.439 e. The van der Waals surface area contributed by atoms with Crippen LogP contribution in [-0.2, 0) is 0 Å². The van der Waals surface area contributed by atoms with Crippen LogP contribution in [0.4, 0.5) is 0 Å². The standard InChI is InChI=1S/C20H12N2O5/c23-15-7-9-22-19-18(15)16(24)10-17(27-19)12-3-5-14(6-4-12)26-20(25)13-2-1-8-21-11-13/h1-11H,(H,22,23). The number of nitrogens with one attached hydrogen (secondary N) is 1. The maximum atomic E-state index is 12.2. The Labute approximate surface area is 151 Å². The van der Waals surface area contributed by atoms with Gasteiger partial charge in [0.25, 0.3) is 0 Å².